The highest BCUT2D eigenvalue weighted by Gasteiger charge is 2.40. The second-order valence-corrected chi connectivity index (χ2v) is 11.2. The van der Waals surface area contributed by atoms with Crippen molar-refractivity contribution in [1.29, 1.82) is 0 Å². The molecular weight excluding hydrogens is 218 g/mol. The average molecular weight is 245 g/mol. The second-order valence-electron chi connectivity index (χ2n) is 6.35. The summed E-state index contributed by atoms with van der Waals surface area (Å²) in [6.45, 7) is 14.2. The number of ether oxygens (including phenoxy) is 1. The van der Waals surface area contributed by atoms with Gasteiger partial charge in [-0.2, -0.15) is 0 Å². The van der Waals surface area contributed by atoms with Crippen molar-refractivity contribution in [2.75, 3.05) is 26.8 Å². The lowest BCUT2D eigenvalue weighted by Crippen LogP contribution is -2.61. The number of nitrogens with one attached hydrogen (secondary N) is 1. The summed E-state index contributed by atoms with van der Waals surface area (Å²) in [5, 5.41) is 3.56. The number of hydrogen-bond donors (Lipinski definition) is 1. The first-order chi connectivity index (χ1) is 7.22. The molecule has 3 nitrogen and oxygen atoms in total. The van der Waals surface area contributed by atoms with Gasteiger partial charge in [0.2, 0.25) is 0 Å². The lowest BCUT2D eigenvalue weighted by molar-refractivity contribution is -0.0644. The van der Waals surface area contributed by atoms with Crippen molar-refractivity contribution >= 4 is 8.32 Å². The summed E-state index contributed by atoms with van der Waals surface area (Å²) in [5.74, 6) is 0. The maximum Gasteiger partial charge on any atom is 0.191 e. The third kappa shape index (κ3) is 3.06. The lowest BCUT2D eigenvalue weighted by atomic mass is 9.93. The smallest absolute Gasteiger partial charge is 0.191 e. The maximum absolute atomic E-state index is 6.16. The molecule has 1 aliphatic heterocycles. The summed E-state index contributed by atoms with van der Waals surface area (Å²) in [4.78, 5) is 0. The number of methoxy groups -OCH3 is 1. The Kier molecular flexibility index (Phi) is 4.22. The molecule has 0 aromatic heterocycles. The zero-order valence-electron chi connectivity index (χ0n) is 11.6. The molecule has 0 spiro atoms. The van der Waals surface area contributed by atoms with E-state index in [2.05, 4.69) is 39.2 Å². The van der Waals surface area contributed by atoms with E-state index in [1.807, 2.05) is 0 Å². The minimum absolute atomic E-state index is 0.0440. The van der Waals surface area contributed by atoms with E-state index in [9.17, 15) is 0 Å². The van der Waals surface area contributed by atoms with Gasteiger partial charge in [0.1, 0.15) is 0 Å². The molecule has 0 atom stereocenters. The molecular formula is C12H27NO2Si. The molecule has 1 rings (SSSR count). The zero-order chi connectivity index (χ0) is 12.4. The normalized spacial score (nSPS) is 20.6. The Balaban J connectivity index is 2.35. The summed E-state index contributed by atoms with van der Waals surface area (Å²) in [7, 11) is 0.217. The fourth-order valence-corrected chi connectivity index (χ4v) is 2.58. The molecule has 0 bridgehead atoms. The van der Waals surface area contributed by atoms with Crippen LogP contribution < -0.4 is 5.32 Å². The summed E-state index contributed by atoms with van der Waals surface area (Å²) in [6, 6.07) is 0. The van der Waals surface area contributed by atoms with Crippen LogP contribution in [0.15, 0.2) is 0 Å². The molecule has 1 N–H and O–H groups in total. The van der Waals surface area contributed by atoms with Crippen LogP contribution in [0.5, 0.6) is 0 Å². The van der Waals surface area contributed by atoms with Gasteiger partial charge in [0.25, 0.3) is 0 Å². The Morgan fingerprint density at radius 2 is 1.81 bits per heavy atom. The van der Waals surface area contributed by atoms with E-state index in [-0.39, 0.29) is 5.60 Å². The molecule has 0 aromatic carbocycles. The molecule has 1 fully saturated rings. The van der Waals surface area contributed by atoms with Crippen molar-refractivity contribution in [3.05, 3.63) is 0 Å². The van der Waals surface area contributed by atoms with Crippen LogP contribution in [0.3, 0.4) is 0 Å². The number of hydrogen-bond acceptors (Lipinski definition) is 3. The third-order valence-corrected chi connectivity index (χ3v) is 8.69. The molecule has 4 heteroatoms. The monoisotopic (exact) mass is 245 g/mol. The average Bonchev–Trinajstić information content (AvgIpc) is 2.07. The van der Waals surface area contributed by atoms with Crippen LogP contribution >= 0.6 is 0 Å². The topological polar surface area (TPSA) is 30.5 Å². The van der Waals surface area contributed by atoms with E-state index in [4.69, 9.17) is 9.16 Å². The molecule has 0 aliphatic carbocycles. The molecule has 96 valence electrons. The Morgan fingerprint density at radius 3 is 2.12 bits per heavy atom. The van der Waals surface area contributed by atoms with Crippen molar-refractivity contribution in [3.63, 3.8) is 0 Å². The second kappa shape index (κ2) is 4.76. The predicted molar refractivity (Wildman–Crippen MR) is 70.4 cm³/mol. The number of rotatable bonds is 5. The van der Waals surface area contributed by atoms with Crippen molar-refractivity contribution in [1.82, 2.24) is 5.32 Å². The first kappa shape index (κ1) is 14.2. The summed E-state index contributed by atoms with van der Waals surface area (Å²) < 4.78 is 11.7. The molecule has 0 unspecified atom stereocenters. The Labute approximate surface area is 101 Å². The van der Waals surface area contributed by atoms with Gasteiger partial charge in [-0.05, 0) is 18.1 Å². The highest BCUT2D eigenvalue weighted by Crippen LogP contribution is 2.37. The van der Waals surface area contributed by atoms with Crippen LogP contribution in [0.4, 0.5) is 0 Å². The Morgan fingerprint density at radius 1 is 1.25 bits per heavy atom. The van der Waals surface area contributed by atoms with Crippen LogP contribution in [-0.4, -0.2) is 40.7 Å². The van der Waals surface area contributed by atoms with Crippen molar-refractivity contribution in [2.45, 2.75) is 50.9 Å². The van der Waals surface area contributed by atoms with Gasteiger partial charge in [0.05, 0.1) is 5.60 Å². The van der Waals surface area contributed by atoms with E-state index < -0.39 is 8.32 Å². The fourth-order valence-electron chi connectivity index (χ4n) is 1.54. The molecule has 0 amide bonds. The standard InChI is InChI=1S/C12H27NO2Si/c1-11(2,3)16(5,6)15-8-7-12(14-4)9-13-10-12/h13H,7-10H2,1-6H3. The molecule has 1 saturated heterocycles. The minimum Gasteiger partial charge on any atom is -0.417 e. The van der Waals surface area contributed by atoms with Gasteiger partial charge < -0.3 is 14.5 Å². The molecule has 0 aromatic rings. The van der Waals surface area contributed by atoms with Crippen molar-refractivity contribution in [3.8, 4) is 0 Å². The van der Waals surface area contributed by atoms with Gasteiger partial charge >= 0.3 is 0 Å². The van der Waals surface area contributed by atoms with Crippen LogP contribution in [0.2, 0.25) is 18.1 Å². The van der Waals surface area contributed by atoms with Gasteiger partial charge in [-0.3, -0.25) is 0 Å². The van der Waals surface area contributed by atoms with E-state index >= 15 is 0 Å². The van der Waals surface area contributed by atoms with Crippen LogP contribution in [-0.2, 0) is 9.16 Å². The van der Waals surface area contributed by atoms with Gasteiger partial charge in [0, 0.05) is 33.2 Å². The highest BCUT2D eigenvalue weighted by atomic mass is 28.4. The molecule has 1 aliphatic rings. The lowest BCUT2D eigenvalue weighted by Gasteiger charge is -2.43. The van der Waals surface area contributed by atoms with Gasteiger partial charge in [0.15, 0.2) is 8.32 Å². The maximum atomic E-state index is 6.16. The summed E-state index contributed by atoms with van der Waals surface area (Å²) in [6.07, 6.45) is 1.00. The third-order valence-electron chi connectivity index (χ3n) is 4.15. The van der Waals surface area contributed by atoms with E-state index in [1.54, 1.807) is 7.11 Å². The molecule has 1 heterocycles. The first-order valence-corrected chi connectivity index (χ1v) is 9.03. The Bertz CT molecular complexity index is 226. The fraction of sp³-hybridized carbons (Fsp3) is 1.00. The first-order valence-electron chi connectivity index (χ1n) is 6.12. The SMILES string of the molecule is COC1(CCO[Si](C)(C)C(C)(C)C)CNC1. The zero-order valence-corrected chi connectivity index (χ0v) is 12.6. The van der Waals surface area contributed by atoms with Gasteiger partial charge in [-0.1, -0.05) is 20.8 Å². The molecule has 0 radical (unpaired) electrons. The predicted octanol–water partition coefficient (Wildman–Crippen LogP) is 2.39. The van der Waals surface area contributed by atoms with Crippen molar-refractivity contribution in [2.24, 2.45) is 0 Å². The summed E-state index contributed by atoms with van der Waals surface area (Å²) in [5.41, 5.74) is 0.0440. The van der Waals surface area contributed by atoms with Crippen LogP contribution in [0.1, 0.15) is 27.2 Å². The van der Waals surface area contributed by atoms with Gasteiger partial charge in [-0.15, -0.1) is 0 Å². The van der Waals surface area contributed by atoms with Crippen LogP contribution in [0, 0.1) is 0 Å². The molecule has 0 saturated carbocycles. The molecule has 16 heavy (non-hydrogen) atoms. The van der Waals surface area contributed by atoms with E-state index in [1.165, 1.54) is 0 Å². The van der Waals surface area contributed by atoms with E-state index in [0.29, 0.717) is 5.04 Å². The highest BCUT2D eigenvalue weighted by molar-refractivity contribution is 6.74. The van der Waals surface area contributed by atoms with Crippen molar-refractivity contribution < 1.29 is 9.16 Å². The van der Waals surface area contributed by atoms with Crippen LogP contribution in [0.25, 0.3) is 0 Å². The largest absolute Gasteiger partial charge is 0.417 e. The van der Waals surface area contributed by atoms with E-state index in [0.717, 1.165) is 26.1 Å². The Hall–Kier alpha value is 0.0969. The minimum atomic E-state index is -1.58. The van der Waals surface area contributed by atoms with Gasteiger partial charge in [-0.25, -0.2) is 0 Å². The quantitative estimate of drug-likeness (QED) is 0.755. The summed E-state index contributed by atoms with van der Waals surface area (Å²) >= 11 is 0.